The summed E-state index contributed by atoms with van der Waals surface area (Å²) < 4.78 is 23.8. The first kappa shape index (κ1) is 8.97. The topological polar surface area (TPSA) is 12.0 Å². The van der Waals surface area contributed by atoms with Gasteiger partial charge in [-0.1, -0.05) is 12.1 Å². The highest BCUT2D eigenvalue weighted by atomic mass is 19.3. The zero-order valence-electron chi connectivity index (χ0n) is 6.85. The highest BCUT2D eigenvalue weighted by molar-refractivity contribution is 5.43. The Kier molecular flexibility index (Phi) is 3.02. The predicted molar refractivity (Wildman–Crippen MR) is 45.7 cm³/mol. The first-order chi connectivity index (χ1) is 5.72. The Bertz CT molecular complexity index is 231. The molecule has 0 unspecified atom stereocenters. The molecule has 0 fully saturated rings. The molecule has 12 heavy (non-hydrogen) atoms. The average Bonchev–Trinajstić information content (AvgIpc) is 2.05. The van der Waals surface area contributed by atoms with E-state index < -0.39 is 6.43 Å². The number of rotatable bonds is 3. The average molecular weight is 171 g/mol. The van der Waals surface area contributed by atoms with Gasteiger partial charge in [0.1, 0.15) is 0 Å². The fourth-order valence-electron chi connectivity index (χ4n) is 0.986. The number of nitrogens with one attached hydrogen (secondary N) is 1. The summed E-state index contributed by atoms with van der Waals surface area (Å²) in [6.07, 6.45) is -2.42. The van der Waals surface area contributed by atoms with Crippen molar-refractivity contribution in [2.24, 2.45) is 0 Å². The van der Waals surface area contributed by atoms with Crippen molar-refractivity contribution < 1.29 is 8.78 Å². The Morgan fingerprint density at radius 3 is 2.25 bits per heavy atom. The van der Waals surface area contributed by atoms with Gasteiger partial charge in [-0.25, -0.2) is 8.78 Å². The fourth-order valence-corrected chi connectivity index (χ4v) is 0.986. The van der Waals surface area contributed by atoms with Gasteiger partial charge in [0.05, 0.1) is 0 Å². The van der Waals surface area contributed by atoms with Crippen LogP contribution in [0.25, 0.3) is 0 Å². The van der Waals surface area contributed by atoms with Crippen LogP contribution in [-0.2, 0) is 6.42 Å². The molecule has 0 atom stereocenters. The van der Waals surface area contributed by atoms with Crippen molar-refractivity contribution in [1.29, 1.82) is 0 Å². The highest BCUT2D eigenvalue weighted by Crippen LogP contribution is 2.11. The molecule has 0 radical (unpaired) electrons. The van der Waals surface area contributed by atoms with Crippen LogP contribution < -0.4 is 5.32 Å². The summed E-state index contributed by atoms with van der Waals surface area (Å²) in [4.78, 5) is 0. The van der Waals surface area contributed by atoms with E-state index in [2.05, 4.69) is 5.32 Å². The van der Waals surface area contributed by atoms with Gasteiger partial charge >= 0.3 is 0 Å². The second kappa shape index (κ2) is 4.04. The van der Waals surface area contributed by atoms with E-state index in [0.717, 1.165) is 5.69 Å². The molecule has 66 valence electrons. The van der Waals surface area contributed by atoms with E-state index in [9.17, 15) is 8.78 Å². The van der Waals surface area contributed by atoms with Gasteiger partial charge < -0.3 is 5.32 Å². The van der Waals surface area contributed by atoms with E-state index in [4.69, 9.17) is 0 Å². The van der Waals surface area contributed by atoms with E-state index in [1.54, 1.807) is 31.3 Å². The first-order valence-electron chi connectivity index (χ1n) is 3.77. The molecule has 1 aromatic carbocycles. The molecule has 0 aromatic heterocycles. The van der Waals surface area contributed by atoms with Crippen molar-refractivity contribution in [3.8, 4) is 0 Å². The number of anilines is 1. The molecule has 0 heterocycles. The lowest BCUT2D eigenvalue weighted by atomic mass is 10.1. The Hall–Kier alpha value is -1.12. The molecule has 0 aliphatic rings. The molecule has 0 aliphatic carbocycles. The van der Waals surface area contributed by atoms with Gasteiger partial charge in [0.25, 0.3) is 0 Å². The molecule has 0 amide bonds. The third-order valence-corrected chi connectivity index (χ3v) is 1.63. The number of hydrogen-bond acceptors (Lipinski definition) is 1. The van der Waals surface area contributed by atoms with Crippen LogP contribution in [0.4, 0.5) is 14.5 Å². The van der Waals surface area contributed by atoms with Crippen LogP contribution >= 0.6 is 0 Å². The maximum Gasteiger partial charge on any atom is 0.242 e. The molecule has 1 N–H and O–H groups in total. The Balaban J connectivity index is 2.65. The van der Waals surface area contributed by atoms with Crippen LogP contribution in [0.15, 0.2) is 24.3 Å². The second-order valence-electron chi connectivity index (χ2n) is 2.54. The van der Waals surface area contributed by atoms with Crippen LogP contribution in [0.3, 0.4) is 0 Å². The van der Waals surface area contributed by atoms with Gasteiger partial charge in [-0.3, -0.25) is 0 Å². The minimum Gasteiger partial charge on any atom is -0.388 e. The second-order valence-corrected chi connectivity index (χ2v) is 2.54. The van der Waals surface area contributed by atoms with Gasteiger partial charge in [0, 0.05) is 19.2 Å². The Labute approximate surface area is 70.4 Å². The third-order valence-electron chi connectivity index (χ3n) is 1.63. The summed E-state index contributed by atoms with van der Waals surface area (Å²) in [5.41, 5.74) is 1.61. The zero-order valence-corrected chi connectivity index (χ0v) is 6.85. The molecule has 0 aliphatic heterocycles. The van der Waals surface area contributed by atoms with Crippen molar-refractivity contribution in [2.45, 2.75) is 12.8 Å². The Morgan fingerprint density at radius 2 is 1.83 bits per heavy atom. The molecule has 3 heteroatoms. The van der Waals surface area contributed by atoms with Gasteiger partial charge in [-0.05, 0) is 17.7 Å². The van der Waals surface area contributed by atoms with Crippen molar-refractivity contribution >= 4 is 5.69 Å². The van der Waals surface area contributed by atoms with E-state index in [1.807, 2.05) is 0 Å². The first-order valence-corrected chi connectivity index (χ1v) is 3.77. The van der Waals surface area contributed by atoms with E-state index in [0.29, 0.717) is 5.56 Å². The molecule has 0 spiro atoms. The summed E-state index contributed by atoms with van der Waals surface area (Å²) in [5, 5.41) is 2.92. The molecule has 1 aromatic rings. The summed E-state index contributed by atoms with van der Waals surface area (Å²) in [7, 11) is 1.79. The SMILES string of the molecule is CNc1ccc(CC(F)F)cc1. The summed E-state index contributed by atoms with van der Waals surface area (Å²) >= 11 is 0. The number of alkyl halides is 2. The molecule has 1 nitrogen and oxygen atoms in total. The van der Waals surface area contributed by atoms with Crippen LogP contribution in [-0.4, -0.2) is 13.5 Å². The van der Waals surface area contributed by atoms with E-state index in [1.165, 1.54) is 0 Å². The van der Waals surface area contributed by atoms with Gasteiger partial charge in [-0.2, -0.15) is 0 Å². The molecule has 1 rings (SSSR count). The quantitative estimate of drug-likeness (QED) is 0.736. The molecule has 0 saturated heterocycles. The van der Waals surface area contributed by atoms with Crippen molar-refractivity contribution in [3.63, 3.8) is 0 Å². The largest absolute Gasteiger partial charge is 0.388 e. The smallest absolute Gasteiger partial charge is 0.242 e. The van der Waals surface area contributed by atoms with E-state index in [-0.39, 0.29) is 6.42 Å². The lowest BCUT2D eigenvalue weighted by Crippen LogP contribution is -1.96. The van der Waals surface area contributed by atoms with Crippen LogP contribution in [0.5, 0.6) is 0 Å². The minimum atomic E-state index is -2.26. The molecule has 0 saturated carbocycles. The van der Waals surface area contributed by atoms with Gasteiger partial charge in [-0.15, -0.1) is 0 Å². The van der Waals surface area contributed by atoms with Crippen LogP contribution in [0.2, 0.25) is 0 Å². The standard InChI is InChI=1S/C9H11F2N/c1-12-8-4-2-7(3-5-8)6-9(10)11/h2-5,9,12H,6H2,1H3. The molecular formula is C9H11F2N. The predicted octanol–water partition coefficient (Wildman–Crippen LogP) is 2.54. The lowest BCUT2D eigenvalue weighted by Gasteiger charge is -2.02. The summed E-state index contributed by atoms with van der Waals surface area (Å²) in [6, 6.07) is 6.99. The Morgan fingerprint density at radius 1 is 1.25 bits per heavy atom. The fraction of sp³-hybridized carbons (Fsp3) is 0.333. The molecular weight excluding hydrogens is 160 g/mol. The van der Waals surface area contributed by atoms with Gasteiger partial charge in [0.2, 0.25) is 6.43 Å². The number of benzene rings is 1. The maximum absolute atomic E-state index is 11.9. The van der Waals surface area contributed by atoms with Crippen molar-refractivity contribution in [2.75, 3.05) is 12.4 Å². The summed E-state index contributed by atoms with van der Waals surface area (Å²) in [5.74, 6) is 0. The van der Waals surface area contributed by atoms with Crippen LogP contribution in [0.1, 0.15) is 5.56 Å². The lowest BCUT2D eigenvalue weighted by molar-refractivity contribution is 0.149. The highest BCUT2D eigenvalue weighted by Gasteiger charge is 2.03. The maximum atomic E-state index is 11.9. The number of halogens is 2. The van der Waals surface area contributed by atoms with Crippen molar-refractivity contribution in [1.82, 2.24) is 0 Å². The normalized spacial score (nSPS) is 10.3. The van der Waals surface area contributed by atoms with Crippen molar-refractivity contribution in [3.05, 3.63) is 29.8 Å². The van der Waals surface area contributed by atoms with Crippen LogP contribution in [0, 0.1) is 0 Å². The third kappa shape index (κ3) is 2.49. The van der Waals surface area contributed by atoms with Gasteiger partial charge in [0.15, 0.2) is 0 Å². The summed E-state index contributed by atoms with van der Waals surface area (Å²) in [6.45, 7) is 0. The molecule has 0 bridgehead atoms. The zero-order chi connectivity index (χ0) is 8.97. The number of hydrogen-bond donors (Lipinski definition) is 1. The van der Waals surface area contributed by atoms with E-state index >= 15 is 0 Å². The minimum absolute atomic E-state index is 0.163. The monoisotopic (exact) mass is 171 g/mol.